The molecule has 0 aliphatic rings. The second-order valence-electron chi connectivity index (χ2n) is 6.05. The number of rotatable bonds is 6. The van der Waals surface area contributed by atoms with Crippen LogP contribution in [0, 0.1) is 0 Å². The summed E-state index contributed by atoms with van der Waals surface area (Å²) in [5, 5.41) is 23.8. The Balaban J connectivity index is 1.80. The summed E-state index contributed by atoms with van der Waals surface area (Å²) in [6.07, 6.45) is 1.28. The molecule has 3 aromatic carbocycles. The van der Waals surface area contributed by atoms with Crippen LogP contribution in [0.25, 0.3) is 0 Å². The highest BCUT2D eigenvalue weighted by atomic mass is 16.3. The van der Waals surface area contributed by atoms with Crippen LogP contribution >= 0.6 is 0 Å². The predicted octanol–water partition coefficient (Wildman–Crippen LogP) is 3.86. The molecule has 0 unspecified atom stereocenters. The lowest BCUT2D eigenvalue weighted by Gasteiger charge is -2.10. The summed E-state index contributed by atoms with van der Waals surface area (Å²) in [6.45, 7) is 0. The standard InChI is InChI=1S/C22H20N2O3/c25-18-13-11-17(12-14-18)22(27)24-23-20(19-8-4-5-9-21(19)26)15-10-16-6-2-1-3-7-16/h1-9,11-14,25-26H,10,15H2,(H,24,27)/b23-20+. The van der Waals surface area contributed by atoms with Gasteiger partial charge in [0, 0.05) is 11.1 Å². The van der Waals surface area contributed by atoms with Gasteiger partial charge in [-0.1, -0.05) is 42.5 Å². The van der Waals surface area contributed by atoms with Crippen LogP contribution in [0.1, 0.15) is 27.9 Å². The van der Waals surface area contributed by atoms with Crippen molar-refractivity contribution in [2.45, 2.75) is 12.8 Å². The molecule has 27 heavy (non-hydrogen) atoms. The highest BCUT2D eigenvalue weighted by Crippen LogP contribution is 2.19. The number of phenols is 2. The highest BCUT2D eigenvalue weighted by molar-refractivity contribution is 6.04. The van der Waals surface area contributed by atoms with E-state index in [1.54, 1.807) is 18.2 Å². The highest BCUT2D eigenvalue weighted by Gasteiger charge is 2.11. The molecule has 0 aromatic heterocycles. The summed E-state index contributed by atoms with van der Waals surface area (Å²) < 4.78 is 0. The van der Waals surface area contributed by atoms with Gasteiger partial charge in [-0.25, -0.2) is 5.43 Å². The van der Waals surface area contributed by atoms with Crippen molar-refractivity contribution in [3.8, 4) is 11.5 Å². The average molecular weight is 360 g/mol. The molecule has 0 heterocycles. The van der Waals surface area contributed by atoms with Crippen molar-refractivity contribution in [2.24, 2.45) is 5.10 Å². The number of aromatic hydroxyl groups is 2. The molecule has 1 amide bonds. The summed E-state index contributed by atoms with van der Waals surface area (Å²) in [6, 6.07) is 22.8. The van der Waals surface area contributed by atoms with E-state index < -0.39 is 0 Å². The zero-order valence-electron chi connectivity index (χ0n) is 14.7. The molecule has 0 bridgehead atoms. The van der Waals surface area contributed by atoms with Crippen LogP contribution in [0.3, 0.4) is 0 Å². The van der Waals surface area contributed by atoms with Gasteiger partial charge < -0.3 is 10.2 Å². The lowest BCUT2D eigenvalue weighted by atomic mass is 10.0. The summed E-state index contributed by atoms with van der Waals surface area (Å²) in [4.78, 5) is 12.3. The van der Waals surface area contributed by atoms with Crippen molar-refractivity contribution in [2.75, 3.05) is 0 Å². The minimum Gasteiger partial charge on any atom is -0.508 e. The number of phenolic OH excluding ortho intramolecular Hbond substituents is 2. The maximum atomic E-state index is 12.3. The second kappa shape index (κ2) is 8.67. The van der Waals surface area contributed by atoms with Crippen LogP contribution in [0.15, 0.2) is 84.0 Å². The van der Waals surface area contributed by atoms with Crippen molar-refractivity contribution < 1.29 is 15.0 Å². The van der Waals surface area contributed by atoms with E-state index in [-0.39, 0.29) is 17.4 Å². The maximum absolute atomic E-state index is 12.3. The molecule has 3 aromatic rings. The Morgan fingerprint density at radius 2 is 1.52 bits per heavy atom. The summed E-state index contributed by atoms with van der Waals surface area (Å²) in [5.74, 6) is -0.182. The maximum Gasteiger partial charge on any atom is 0.271 e. The molecule has 0 saturated heterocycles. The van der Waals surface area contributed by atoms with Gasteiger partial charge in [-0.2, -0.15) is 5.10 Å². The molecule has 0 fully saturated rings. The molecule has 0 radical (unpaired) electrons. The molecule has 3 N–H and O–H groups in total. The molecule has 5 heteroatoms. The third kappa shape index (κ3) is 4.95. The normalized spacial score (nSPS) is 11.2. The minimum atomic E-state index is -0.386. The van der Waals surface area contributed by atoms with Crippen LogP contribution in [0.4, 0.5) is 0 Å². The van der Waals surface area contributed by atoms with Gasteiger partial charge in [-0.3, -0.25) is 4.79 Å². The number of hydrazone groups is 1. The van der Waals surface area contributed by atoms with Crippen LogP contribution in [0.5, 0.6) is 11.5 Å². The monoisotopic (exact) mass is 360 g/mol. The van der Waals surface area contributed by atoms with Crippen molar-refractivity contribution >= 4 is 11.6 Å². The predicted molar refractivity (Wildman–Crippen MR) is 105 cm³/mol. The molecular weight excluding hydrogens is 340 g/mol. The Morgan fingerprint density at radius 1 is 0.852 bits per heavy atom. The van der Waals surface area contributed by atoms with E-state index in [0.29, 0.717) is 23.3 Å². The zero-order chi connectivity index (χ0) is 19.1. The number of carbonyl (C=O) groups is 1. The smallest absolute Gasteiger partial charge is 0.271 e. The Hall–Kier alpha value is -3.60. The fraction of sp³-hybridized carbons (Fsp3) is 0.0909. The fourth-order valence-electron chi connectivity index (χ4n) is 2.67. The first kappa shape index (κ1) is 18.2. The largest absolute Gasteiger partial charge is 0.508 e. The van der Waals surface area contributed by atoms with Gasteiger partial charge >= 0.3 is 0 Å². The minimum absolute atomic E-state index is 0.0906. The van der Waals surface area contributed by atoms with Gasteiger partial charge in [-0.15, -0.1) is 0 Å². The number of nitrogens with one attached hydrogen (secondary N) is 1. The van der Waals surface area contributed by atoms with Crippen molar-refractivity contribution in [1.29, 1.82) is 0 Å². The molecule has 136 valence electrons. The van der Waals surface area contributed by atoms with E-state index in [0.717, 1.165) is 12.0 Å². The summed E-state index contributed by atoms with van der Waals surface area (Å²) in [5.41, 5.74) is 5.24. The van der Waals surface area contributed by atoms with Gasteiger partial charge in [-0.05, 0) is 54.8 Å². The number of aryl methyl sites for hydroxylation is 1. The number of benzene rings is 3. The number of nitrogens with zero attached hydrogens (tertiary/aromatic N) is 1. The Bertz CT molecular complexity index is 935. The van der Waals surface area contributed by atoms with E-state index >= 15 is 0 Å². The Labute approximate surface area is 157 Å². The number of carbonyl (C=O) groups excluding carboxylic acids is 1. The molecule has 0 spiro atoms. The SMILES string of the molecule is O=C(N/N=C(\CCc1ccccc1)c1ccccc1O)c1ccc(O)cc1. The molecule has 0 aliphatic heterocycles. The molecule has 5 nitrogen and oxygen atoms in total. The first-order valence-corrected chi connectivity index (χ1v) is 8.62. The number of para-hydroxylation sites is 1. The topological polar surface area (TPSA) is 81.9 Å². The van der Waals surface area contributed by atoms with Crippen LogP contribution in [0.2, 0.25) is 0 Å². The average Bonchev–Trinajstić information content (AvgIpc) is 2.70. The molecular formula is C22H20N2O3. The second-order valence-corrected chi connectivity index (χ2v) is 6.05. The van der Waals surface area contributed by atoms with Gasteiger partial charge in [0.05, 0.1) is 5.71 Å². The summed E-state index contributed by atoms with van der Waals surface area (Å²) >= 11 is 0. The molecule has 0 atom stereocenters. The number of amides is 1. The van der Waals surface area contributed by atoms with Crippen LogP contribution in [-0.4, -0.2) is 21.8 Å². The van der Waals surface area contributed by atoms with Crippen molar-refractivity contribution in [3.63, 3.8) is 0 Å². The van der Waals surface area contributed by atoms with Gasteiger partial charge in [0.25, 0.3) is 5.91 Å². The third-order valence-electron chi connectivity index (χ3n) is 4.13. The molecule has 3 rings (SSSR count). The first-order valence-electron chi connectivity index (χ1n) is 8.62. The van der Waals surface area contributed by atoms with Gasteiger partial charge in [0.15, 0.2) is 0 Å². The lowest BCUT2D eigenvalue weighted by molar-refractivity contribution is 0.0954. The van der Waals surface area contributed by atoms with E-state index in [9.17, 15) is 15.0 Å². The van der Waals surface area contributed by atoms with E-state index in [4.69, 9.17) is 0 Å². The first-order chi connectivity index (χ1) is 13.1. The van der Waals surface area contributed by atoms with Gasteiger partial charge in [0.1, 0.15) is 11.5 Å². The molecule has 0 saturated carbocycles. The van der Waals surface area contributed by atoms with E-state index in [2.05, 4.69) is 10.5 Å². The van der Waals surface area contributed by atoms with Crippen LogP contribution < -0.4 is 5.43 Å². The number of hydrogen-bond donors (Lipinski definition) is 3. The summed E-state index contributed by atoms with van der Waals surface area (Å²) in [7, 11) is 0. The third-order valence-corrected chi connectivity index (χ3v) is 4.13. The lowest BCUT2D eigenvalue weighted by Crippen LogP contribution is -2.20. The van der Waals surface area contributed by atoms with Crippen LogP contribution in [-0.2, 0) is 6.42 Å². The Kier molecular flexibility index (Phi) is 5.84. The number of hydrogen-bond acceptors (Lipinski definition) is 4. The van der Waals surface area contributed by atoms with E-state index in [1.807, 2.05) is 36.4 Å². The van der Waals surface area contributed by atoms with Gasteiger partial charge in [0.2, 0.25) is 0 Å². The molecule has 0 aliphatic carbocycles. The van der Waals surface area contributed by atoms with Crippen molar-refractivity contribution in [1.82, 2.24) is 5.43 Å². The Morgan fingerprint density at radius 3 is 2.22 bits per heavy atom. The quantitative estimate of drug-likeness (QED) is 0.461. The van der Waals surface area contributed by atoms with E-state index in [1.165, 1.54) is 24.3 Å². The van der Waals surface area contributed by atoms with Crippen molar-refractivity contribution in [3.05, 3.63) is 95.6 Å². The zero-order valence-corrected chi connectivity index (χ0v) is 14.7. The fourth-order valence-corrected chi connectivity index (χ4v) is 2.67.